The summed E-state index contributed by atoms with van der Waals surface area (Å²) in [5, 5.41) is 6.77. The molecular formula is C18H14ClF3N4O2S. The highest BCUT2D eigenvalue weighted by Gasteiger charge is 2.38. The smallest absolute Gasteiger partial charge is 0.329 e. The van der Waals surface area contributed by atoms with Crippen molar-refractivity contribution in [1.82, 2.24) is 15.0 Å². The second kappa shape index (κ2) is 7.77. The summed E-state index contributed by atoms with van der Waals surface area (Å²) in [7, 11) is 0. The van der Waals surface area contributed by atoms with Gasteiger partial charge in [0.05, 0.1) is 11.4 Å². The van der Waals surface area contributed by atoms with E-state index in [4.69, 9.17) is 11.6 Å². The van der Waals surface area contributed by atoms with E-state index < -0.39 is 12.1 Å². The minimum Gasteiger partial charge on any atom is -0.329 e. The molecule has 0 atom stereocenters. The molecule has 1 N–H and O–H groups in total. The molecule has 0 fully saturated rings. The number of aromatic nitrogens is 2. The van der Waals surface area contributed by atoms with E-state index in [1.807, 2.05) is 4.90 Å². The van der Waals surface area contributed by atoms with E-state index in [1.54, 1.807) is 30.3 Å². The van der Waals surface area contributed by atoms with Crippen LogP contribution in [0.25, 0.3) is 10.7 Å². The molecule has 2 aromatic heterocycles. The first-order chi connectivity index (χ1) is 13.8. The number of hydrogen-bond donors (Lipinski definition) is 1. The molecule has 0 radical (unpaired) electrons. The lowest BCUT2D eigenvalue weighted by Crippen LogP contribution is -2.36. The summed E-state index contributed by atoms with van der Waals surface area (Å²) in [4.78, 5) is 19.3. The first kappa shape index (κ1) is 19.9. The van der Waals surface area contributed by atoms with Gasteiger partial charge in [0.1, 0.15) is 0 Å². The molecular weight excluding hydrogens is 429 g/mol. The number of nitrogens with zero attached hydrogens (tertiary/aromatic N) is 3. The maximum Gasteiger partial charge on any atom is 0.471 e. The predicted octanol–water partition coefficient (Wildman–Crippen LogP) is 4.47. The Balaban J connectivity index is 1.41. The van der Waals surface area contributed by atoms with Crippen molar-refractivity contribution in [2.45, 2.75) is 19.1 Å². The lowest BCUT2D eigenvalue weighted by atomic mass is 10.1. The van der Waals surface area contributed by atoms with Crippen LogP contribution in [0, 0.1) is 0 Å². The van der Waals surface area contributed by atoms with Gasteiger partial charge < -0.3 is 9.84 Å². The van der Waals surface area contributed by atoms with Crippen LogP contribution in [0.3, 0.4) is 0 Å². The van der Waals surface area contributed by atoms with Gasteiger partial charge in [-0.25, -0.2) is 0 Å². The quantitative estimate of drug-likeness (QED) is 0.645. The van der Waals surface area contributed by atoms with Gasteiger partial charge in [0, 0.05) is 28.7 Å². The molecule has 152 valence electrons. The molecule has 0 aliphatic carbocycles. The van der Waals surface area contributed by atoms with Crippen molar-refractivity contribution in [2.75, 3.05) is 18.4 Å². The molecule has 11 heteroatoms. The molecule has 1 amide bonds. The molecule has 0 spiro atoms. The molecule has 0 saturated heterocycles. The second-order valence-electron chi connectivity index (χ2n) is 6.50. The van der Waals surface area contributed by atoms with E-state index in [0.717, 1.165) is 10.4 Å². The number of rotatable bonds is 4. The number of thiophene rings is 1. The number of carbonyl (C=O) groups excluding carboxylic acids is 1. The minimum absolute atomic E-state index is 0.0815. The summed E-state index contributed by atoms with van der Waals surface area (Å²) in [5.74, 6) is -1.61. The lowest BCUT2D eigenvalue weighted by molar-refractivity contribution is -0.159. The van der Waals surface area contributed by atoms with E-state index in [0.29, 0.717) is 35.1 Å². The van der Waals surface area contributed by atoms with E-state index in [9.17, 15) is 18.0 Å². The maximum atomic E-state index is 12.7. The monoisotopic (exact) mass is 442 g/mol. The Bertz CT molecular complexity index is 1050. The lowest BCUT2D eigenvalue weighted by Gasteiger charge is -2.26. The number of hydrogen-bond acceptors (Lipinski definition) is 6. The largest absolute Gasteiger partial charge is 0.471 e. The summed E-state index contributed by atoms with van der Waals surface area (Å²) in [5.41, 5.74) is 1.57. The van der Waals surface area contributed by atoms with Gasteiger partial charge in [-0.05, 0) is 36.2 Å². The van der Waals surface area contributed by atoms with Crippen LogP contribution in [-0.4, -0.2) is 34.0 Å². The molecule has 3 heterocycles. The van der Waals surface area contributed by atoms with E-state index in [2.05, 4.69) is 20.0 Å². The minimum atomic E-state index is -4.67. The first-order valence-electron chi connectivity index (χ1n) is 8.58. The third-order valence-electron chi connectivity index (χ3n) is 4.31. The first-order valence-corrected chi connectivity index (χ1v) is 9.78. The zero-order chi connectivity index (χ0) is 20.6. The number of benzene rings is 1. The van der Waals surface area contributed by atoms with Crippen molar-refractivity contribution >= 4 is 34.5 Å². The van der Waals surface area contributed by atoms with Gasteiger partial charge in [-0.2, -0.15) is 18.2 Å². The normalized spacial score (nSPS) is 14.6. The van der Waals surface area contributed by atoms with Crippen LogP contribution in [-0.2, 0) is 23.9 Å². The molecule has 0 unspecified atom stereocenters. The molecule has 0 saturated carbocycles. The number of nitrogens with one attached hydrogen (secondary N) is 1. The van der Waals surface area contributed by atoms with Gasteiger partial charge in [0.25, 0.3) is 0 Å². The average Bonchev–Trinajstić information content (AvgIpc) is 3.28. The average molecular weight is 443 g/mol. The fourth-order valence-electron chi connectivity index (χ4n) is 3.05. The van der Waals surface area contributed by atoms with Crippen LogP contribution in [0.2, 0.25) is 5.02 Å². The van der Waals surface area contributed by atoms with Crippen molar-refractivity contribution in [3.63, 3.8) is 0 Å². The summed E-state index contributed by atoms with van der Waals surface area (Å²) < 4.78 is 42.3. The number of alkyl halides is 3. The third kappa shape index (κ3) is 4.60. The van der Waals surface area contributed by atoms with Crippen LogP contribution >= 0.6 is 22.9 Å². The Labute approximate surface area is 172 Å². The number of amides is 1. The fourth-order valence-corrected chi connectivity index (χ4v) is 4.32. The van der Waals surface area contributed by atoms with Crippen molar-refractivity contribution in [1.29, 1.82) is 0 Å². The van der Waals surface area contributed by atoms with Crippen LogP contribution in [0.5, 0.6) is 0 Å². The van der Waals surface area contributed by atoms with Crippen LogP contribution in [0.1, 0.15) is 16.3 Å². The van der Waals surface area contributed by atoms with Gasteiger partial charge in [-0.1, -0.05) is 22.8 Å². The van der Waals surface area contributed by atoms with Gasteiger partial charge in [-0.15, -0.1) is 11.3 Å². The predicted molar refractivity (Wildman–Crippen MR) is 102 cm³/mol. The van der Waals surface area contributed by atoms with Crippen LogP contribution < -0.4 is 5.32 Å². The van der Waals surface area contributed by atoms with Crippen molar-refractivity contribution in [3.8, 4) is 10.7 Å². The number of carbonyl (C=O) groups is 1. The number of halogens is 4. The number of fused-ring (bicyclic) bond motifs is 1. The zero-order valence-electron chi connectivity index (χ0n) is 14.8. The topological polar surface area (TPSA) is 71.3 Å². The maximum absolute atomic E-state index is 12.7. The molecule has 0 bridgehead atoms. The SMILES string of the molecule is O=C(CN1CCc2sc(-c3noc(C(F)(F)F)n3)cc2C1)Nc1cccc(Cl)c1. The number of anilines is 1. The van der Waals surface area contributed by atoms with Crippen LogP contribution in [0.4, 0.5) is 18.9 Å². The Morgan fingerprint density at radius 3 is 2.90 bits per heavy atom. The zero-order valence-corrected chi connectivity index (χ0v) is 16.4. The highest BCUT2D eigenvalue weighted by molar-refractivity contribution is 7.15. The highest BCUT2D eigenvalue weighted by Crippen LogP contribution is 2.35. The molecule has 1 aliphatic rings. The van der Waals surface area contributed by atoms with Crippen molar-refractivity contribution in [2.24, 2.45) is 0 Å². The standard InChI is InChI=1S/C18H14ClF3N4O2S/c19-11-2-1-3-12(7-11)23-15(27)9-26-5-4-13-10(8-26)6-14(29-13)16-24-17(28-25-16)18(20,21)22/h1-3,6-7H,4-5,8-9H2,(H,23,27). The van der Waals surface area contributed by atoms with Crippen molar-refractivity contribution < 1.29 is 22.5 Å². The Morgan fingerprint density at radius 1 is 1.34 bits per heavy atom. The highest BCUT2D eigenvalue weighted by atomic mass is 35.5. The van der Waals surface area contributed by atoms with Gasteiger partial charge in [0.2, 0.25) is 11.7 Å². The molecule has 1 aliphatic heterocycles. The molecule has 4 rings (SSSR count). The second-order valence-corrected chi connectivity index (χ2v) is 8.07. The molecule has 3 aromatic rings. The fraction of sp³-hybridized carbons (Fsp3) is 0.278. The van der Waals surface area contributed by atoms with Gasteiger partial charge >= 0.3 is 12.1 Å². The van der Waals surface area contributed by atoms with Gasteiger partial charge in [-0.3, -0.25) is 9.69 Å². The molecule has 1 aromatic carbocycles. The van der Waals surface area contributed by atoms with E-state index in [1.165, 1.54) is 11.3 Å². The summed E-state index contributed by atoms with van der Waals surface area (Å²) >= 11 is 7.26. The Morgan fingerprint density at radius 2 is 2.17 bits per heavy atom. The summed E-state index contributed by atoms with van der Waals surface area (Å²) in [6.45, 7) is 1.37. The Kier molecular flexibility index (Phi) is 5.32. The van der Waals surface area contributed by atoms with E-state index in [-0.39, 0.29) is 18.3 Å². The Hall–Kier alpha value is -2.43. The van der Waals surface area contributed by atoms with Crippen molar-refractivity contribution in [3.05, 3.63) is 51.7 Å². The molecule has 6 nitrogen and oxygen atoms in total. The van der Waals surface area contributed by atoms with Gasteiger partial charge in [0.15, 0.2) is 0 Å². The van der Waals surface area contributed by atoms with Crippen LogP contribution in [0.15, 0.2) is 34.9 Å². The summed E-state index contributed by atoms with van der Waals surface area (Å²) in [6.07, 6.45) is -3.98. The third-order valence-corrected chi connectivity index (χ3v) is 5.78. The van der Waals surface area contributed by atoms with E-state index >= 15 is 0 Å². The summed E-state index contributed by atoms with van der Waals surface area (Å²) in [6, 6.07) is 8.65. The molecule has 29 heavy (non-hydrogen) atoms.